The topological polar surface area (TPSA) is 58.4 Å². The SMILES string of the molecule is NC1C2CN(c3ccc(C(=O)NC4CC4)cc3)CC12. The van der Waals surface area contributed by atoms with E-state index in [1.165, 1.54) is 5.69 Å². The Morgan fingerprint density at radius 3 is 2.37 bits per heavy atom. The Balaban J connectivity index is 1.42. The fraction of sp³-hybridized carbons (Fsp3) is 0.533. The van der Waals surface area contributed by atoms with Crippen molar-refractivity contribution < 1.29 is 4.79 Å². The summed E-state index contributed by atoms with van der Waals surface area (Å²) in [6.07, 6.45) is 2.25. The zero-order valence-electron chi connectivity index (χ0n) is 10.9. The number of fused-ring (bicyclic) bond motifs is 1. The Labute approximate surface area is 113 Å². The van der Waals surface area contributed by atoms with Crippen LogP contribution in [0.1, 0.15) is 23.2 Å². The van der Waals surface area contributed by atoms with E-state index in [0.29, 0.717) is 23.9 Å². The Morgan fingerprint density at radius 1 is 1.16 bits per heavy atom. The van der Waals surface area contributed by atoms with Gasteiger partial charge in [0.25, 0.3) is 5.91 Å². The molecular formula is C15H19N3O. The Morgan fingerprint density at radius 2 is 1.79 bits per heavy atom. The van der Waals surface area contributed by atoms with Gasteiger partial charge in [0.05, 0.1) is 0 Å². The predicted molar refractivity (Wildman–Crippen MR) is 74.1 cm³/mol. The van der Waals surface area contributed by atoms with E-state index in [9.17, 15) is 4.79 Å². The lowest BCUT2D eigenvalue weighted by Crippen LogP contribution is -2.28. The predicted octanol–water partition coefficient (Wildman–Crippen LogP) is 0.972. The van der Waals surface area contributed by atoms with Crippen molar-refractivity contribution in [3.05, 3.63) is 29.8 Å². The molecule has 4 nitrogen and oxygen atoms in total. The number of rotatable bonds is 3. The van der Waals surface area contributed by atoms with Gasteiger partial charge in [-0.05, 0) is 48.9 Å². The van der Waals surface area contributed by atoms with Crippen molar-refractivity contribution in [3.63, 3.8) is 0 Å². The number of nitrogens with two attached hydrogens (primary N) is 1. The fourth-order valence-electron chi connectivity index (χ4n) is 3.10. The molecule has 1 amide bonds. The highest BCUT2D eigenvalue weighted by molar-refractivity contribution is 5.94. The van der Waals surface area contributed by atoms with Crippen LogP contribution in [0.3, 0.4) is 0 Å². The second kappa shape index (κ2) is 3.97. The van der Waals surface area contributed by atoms with E-state index in [1.54, 1.807) is 0 Å². The van der Waals surface area contributed by atoms with Gasteiger partial charge in [-0.2, -0.15) is 0 Å². The molecule has 2 aliphatic carbocycles. The van der Waals surface area contributed by atoms with Crippen molar-refractivity contribution >= 4 is 11.6 Å². The number of carbonyl (C=O) groups excluding carboxylic acids is 1. The second-order valence-corrected chi connectivity index (χ2v) is 6.10. The average molecular weight is 257 g/mol. The van der Waals surface area contributed by atoms with Crippen LogP contribution in [0.15, 0.2) is 24.3 Å². The molecule has 3 N–H and O–H groups in total. The number of amides is 1. The minimum atomic E-state index is 0.0559. The molecule has 1 aromatic carbocycles. The lowest BCUT2D eigenvalue weighted by Gasteiger charge is -2.21. The highest BCUT2D eigenvalue weighted by atomic mass is 16.1. The summed E-state index contributed by atoms with van der Waals surface area (Å²) in [6.45, 7) is 2.14. The van der Waals surface area contributed by atoms with Crippen molar-refractivity contribution in [1.82, 2.24) is 5.32 Å². The number of anilines is 1. The van der Waals surface area contributed by atoms with Gasteiger partial charge in [0, 0.05) is 36.4 Å². The van der Waals surface area contributed by atoms with Crippen LogP contribution in [0.4, 0.5) is 5.69 Å². The Hall–Kier alpha value is -1.55. The first kappa shape index (κ1) is 11.3. The molecule has 100 valence electrons. The number of carbonyl (C=O) groups is 1. The van der Waals surface area contributed by atoms with Crippen LogP contribution in [0, 0.1) is 11.8 Å². The molecule has 4 rings (SSSR count). The third kappa shape index (κ3) is 2.00. The van der Waals surface area contributed by atoms with E-state index >= 15 is 0 Å². The highest BCUT2D eigenvalue weighted by Gasteiger charge is 2.53. The monoisotopic (exact) mass is 257 g/mol. The molecule has 1 saturated heterocycles. The summed E-state index contributed by atoms with van der Waals surface area (Å²) in [5, 5.41) is 3.01. The molecule has 19 heavy (non-hydrogen) atoms. The van der Waals surface area contributed by atoms with Gasteiger partial charge in [0.15, 0.2) is 0 Å². The molecular weight excluding hydrogens is 238 g/mol. The lowest BCUT2D eigenvalue weighted by atomic mass is 10.1. The number of hydrogen-bond donors (Lipinski definition) is 2. The molecule has 2 saturated carbocycles. The van der Waals surface area contributed by atoms with E-state index in [2.05, 4.69) is 22.3 Å². The quantitative estimate of drug-likeness (QED) is 0.848. The van der Waals surface area contributed by atoms with Gasteiger partial charge in [-0.15, -0.1) is 0 Å². The van der Waals surface area contributed by atoms with Crippen molar-refractivity contribution in [2.75, 3.05) is 18.0 Å². The summed E-state index contributed by atoms with van der Waals surface area (Å²) in [4.78, 5) is 14.3. The number of benzene rings is 1. The van der Waals surface area contributed by atoms with E-state index < -0.39 is 0 Å². The zero-order chi connectivity index (χ0) is 13.0. The van der Waals surface area contributed by atoms with E-state index in [0.717, 1.165) is 31.5 Å². The van der Waals surface area contributed by atoms with Gasteiger partial charge in [-0.1, -0.05) is 0 Å². The van der Waals surface area contributed by atoms with Crippen LogP contribution in [0.25, 0.3) is 0 Å². The summed E-state index contributed by atoms with van der Waals surface area (Å²) in [5.41, 5.74) is 7.92. The molecule has 0 aromatic heterocycles. The molecule has 0 spiro atoms. The molecule has 0 radical (unpaired) electrons. The molecule has 3 aliphatic rings. The lowest BCUT2D eigenvalue weighted by molar-refractivity contribution is 0.0951. The summed E-state index contributed by atoms with van der Waals surface area (Å²) in [6, 6.07) is 8.81. The Bertz CT molecular complexity index is 497. The first-order chi connectivity index (χ1) is 9.22. The van der Waals surface area contributed by atoms with Crippen molar-refractivity contribution in [1.29, 1.82) is 0 Å². The normalized spacial score (nSPS) is 32.1. The maximum Gasteiger partial charge on any atom is 0.251 e. The molecule has 2 unspecified atom stereocenters. The molecule has 0 bridgehead atoms. The Kier molecular flexibility index (Phi) is 2.36. The van der Waals surface area contributed by atoms with Crippen LogP contribution in [-0.2, 0) is 0 Å². The number of hydrogen-bond acceptors (Lipinski definition) is 3. The van der Waals surface area contributed by atoms with Crippen molar-refractivity contribution in [2.24, 2.45) is 17.6 Å². The van der Waals surface area contributed by atoms with Gasteiger partial charge in [0.1, 0.15) is 0 Å². The first-order valence-corrected chi connectivity index (χ1v) is 7.14. The highest BCUT2D eigenvalue weighted by Crippen LogP contribution is 2.45. The van der Waals surface area contributed by atoms with Crippen LogP contribution >= 0.6 is 0 Å². The summed E-state index contributed by atoms with van der Waals surface area (Å²) in [7, 11) is 0. The smallest absolute Gasteiger partial charge is 0.251 e. The molecule has 2 atom stereocenters. The van der Waals surface area contributed by atoms with Crippen molar-refractivity contribution in [3.8, 4) is 0 Å². The van der Waals surface area contributed by atoms with Gasteiger partial charge in [-0.25, -0.2) is 0 Å². The van der Waals surface area contributed by atoms with Gasteiger partial charge in [-0.3, -0.25) is 4.79 Å². The second-order valence-electron chi connectivity index (χ2n) is 6.10. The van der Waals surface area contributed by atoms with Gasteiger partial charge in [0.2, 0.25) is 0 Å². The summed E-state index contributed by atoms with van der Waals surface area (Å²) < 4.78 is 0. The minimum absolute atomic E-state index is 0.0559. The van der Waals surface area contributed by atoms with E-state index in [4.69, 9.17) is 5.73 Å². The molecule has 1 aliphatic heterocycles. The minimum Gasteiger partial charge on any atom is -0.371 e. The van der Waals surface area contributed by atoms with Gasteiger partial charge >= 0.3 is 0 Å². The molecule has 1 heterocycles. The first-order valence-electron chi connectivity index (χ1n) is 7.14. The van der Waals surface area contributed by atoms with Gasteiger partial charge < -0.3 is 16.0 Å². The zero-order valence-corrected chi connectivity index (χ0v) is 10.9. The summed E-state index contributed by atoms with van der Waals surface area (Å²) >= 11 is 0. The summed E-state index contributed by atoms with van der Waals surface area (Å²) in [5.74, 6) is 1.44. The standard InChI is InChI=1S/C15H19N3O/c16-14-12-7-18(8-13(12)14)11-5-1-9(2-6-11)15(19)17-10-3-4-10/h1-2,5-6,10,12-14H,3-4,7-8,16H2,(H,17,19). The van der Waals surface area contributed by atoms with Crippen LogP contribution in [0.5, 0.6) is 0 Å². The van der Waals surface area contributed by atoms with Crippen molar-refractivity contribution in [2.45, 2.75) is 24.9 Å². The molecule has 1 aromatic rings. The molecule has 4 heteroatoms. The number of nitrogens with one attached hydrogen (secondary N) is 1. The number of nitrogens with zero attached hydrogens (tertiary/aromatic N) is 1. The van der Waals surface area contributed by atoms with E-state index in [1.807, 2.05) is 12.1 Å². The number of piperidine rings is 1. The average Bonchev–Trinajstić information content (AvgIpc) is 3.29. The third-order valence-electron chi connectivity index (χ3n) is 4.67. The largest absolute Gasteiger partial charge is 0.371 e. The maximum absolute atomic E-state index is 11.9. The maximum atomic E-state index is 11.9. The van der Waals surface area contributed by atoms with Crippen LogP contribution < -0.4 is 16.0 Å². The van der Waals surface area contributed by atoms with E-state index in [-0.39, 0.29) is 5.91 Å². The van der Waals surface area contributed by atoms with Crippen LogP contribution in [-0.4, -0.2) is 31.1 Å². The van der Waals surface area contributed by atoms with Crippen LogP contribution in [0.2, 0.25) is 0 Å². The fourth-order valence-corrected chi connectivity index (χ4v) is 3.10. The third-order valence-corrected chi connectivity index (χ3v) is 4.67. The molecule has 3 fully saturated rings.